The molecule has 0 amide bonds. The van der Waals surface area contributed by atoms with Gasteiger partial charge in [0.25, 0.3) is 0 Å². The SMILES string of the molecule is [Cl][Zr]([Cl])([Cl])([Cl])([CH]1C=CC=C1)([CH](c1ccccc1)c1ccccc1)[CH]1c2ccccc2-c2ccccc21.[Zr]. The van der Waals surface area contributed by atoms with E-state index < -0.39 is 21.9 Å². The van der Waals surface area contributed by atoms with Crippen LogP contribution in [0, 0.1) is 0 Å². The standard InChI is InChI=1S/C13H9.C13H11.C5H5.4ClH.2Zr/c1-3-7-12-10(5-1)9-11-6-2-4-8-13(11)12;1-3-7-12(8-4-1)11-13-9-5-2-6-10-13;1-2-4-5-3-1;;;;;;/h1-9H;1-11H;1-5H;4*1H;;/q;;;;;;;;+4/p-4. The fourth-order valence-corrected chi connectivity index (χ4v) is 38.2. The minimum absolute atomic E-state index is 0. The summed E-state index contributed by atoms with van der Waals surface area (Å²) in [6.45, 7) is 0. The normalized spacial score (nSPS) is 17.8. The third-order valence-electron chi connectivity index (χ3n) is 8.28. The first kappa shape index (κ1) is 27.8. The molecule has 0 spiro atoms. The smallest absolute Gasteiger partial charge is 0 e. The van der Waals surface area contributed by atoms with Crippen LogP contribution in [0.3, 0.4) is 0 Å². The fraction of sp³-hybridized carbons (Fsp3) is 0.0968. The van der Waals surface area contributed by atoms with Gasteiger partial charge in [-0.3, -0.25) is 0 Å². The Labute approximate surface area is 246 Å². The van der Waals surface area contributed by atoms with Gasteiger partial charge in [-0.15, -0.1) is 0 Å². The van der Waals surface area contributed by atoms with Crippen LogP contribution in [0.5, 0.6) is 0 Å². The molecule has 0 heterocycles. The van der Waals surface area contributed by atoms with Gasteiger partial charge in [0.1, 0.15) is 0 Å². The summed E-state index contributed by atoms with van der Waals surface area (Å²) in [7, 11) is 33.6. The van der Waals surface area contributed by atoms with Crippen molar-refractivity contribution < 1.29 is 37.2 Å². The summed E-state index contributed by atoms with van der Waals surface area (Å²) < 4.78 is -1.87. The molecule has 0 saturated carbocycles. The Kier molecular flexibility index (Phi) is 6.50. The molecule has 0 aliphatic heterocycles. The summed E-state index contributed by atoms with van der Waals surface area (Å²) in [5, 5.41) is 0. The Morgan fingerprint density at radius 2 is 0.892 bits per heavy atom. The van der Waals surface area contributed by atoms with Crippen molar-refractivity contribution in [3.8, 4) is 11.1 Å². The predicted octanol–water partition coefficient (Wildman–Crippen LogP) is 10.8. The molecule has 0 radical (unpaired) electrons. The van der Waals surface area contributed by atoms with E-state index in [2.05, 4.69) is 24.3 Å². The molecule has 0 unspecified atom stereocenters. The van der Waals surface area contributed by atoms with Crippen LogP contribution in [0.4, 0.5) is 0 Å². The van der Waals surface area contributed by atoms with E-state index in [1.165, 1.54) is 0 Å². The van der Waals surface area contributed by atoms with Gasteiger partial charge in [-0.2, -0.15) is 0 Å². The number of rotatable bonds is 5. The van der Waals surface area contributed by atoms with E-state index in [0.29, 0.717) is 0 Å². The molecule has 2 aliphatic carbocycles. The molecule has 0 nitrogen and oxygen atoms in total. The molecule has 4 aromatic rings. The van der Waals surface area contributed by atoms with Crippen LogP contribution in [0.2, 0.25) is 3.63 Å². The summed E-state index contributed by atoms with van der Waals surface area (Å²) in [5.74, 6) is 0. The second-order valence-electron chi connectivity index (χ2n) is 10.4. The predicted molar refractivity (Wildman–Crippen MR) is 154 cm³/mol. The van der Waals surface area contributed by atoms with Crippen molar-refractivity contribution in [3.63, 3.8) is 0 Å². The zero-order valence-electron chi connectivity index (χ0n) is 19.9. The van der Waals surface area contributed by atoms with Crippen molar-refractivity contribution in [2.24, 2.45) is 0 Å². The second kappa shape index (κ2) is 8.64. The molecule has 37 heavy (non-hydrogen) atoms. The third kappa shape index (κ3) is 3.89. The number of fused-ring (bicyclic) bond motifs is 3. The molecule has 0 saturated heterocycles. The van der Waals surface area contributed by atoms with Gasteiger partial charge >= 0.3 is 223 Å². The van der Waals surface area contributed by atoms with E-state index in [9.17, 15) is 0 Å². The van der Waals surface area contributed by atoms with Gasteiger partial charge in [0.2, 0.25) is 0 Å². The maximum absolute atomic E-state index is 8.39. The van der Waals surface area contributed by atoms with E-state index in [1.54, 1.807) is 0 Å². The minimum atomic E-state index is -7.32. The number of allylic oxidation sites excluding steroid dienone is 4. The topological polar surface area (TPSA) is 0 Å². The van der Waals surface area contributed by atoms with Crippen molar-refractivity contribution in [1.82, 2.24) is 0 Å². The molecular formula is C31H25Cl4Zr2. The number of hydrogen-bond acceptors (Lipinski definition) is 0. The van der Waals surface area contributed by atoms with Crippen molar-refractivity contribution in [3.05, 3.63) is 156 Å². The first-order chi connectivity index (χ1) is 17.1. The Balaban J connectivity index is 0.00000280. The minimum Gasteiger partial charge on any atom is 0 e. The van der Waals surface area contributed by atoms with E-state index in [0.717, 1.165) is 33.4 Å². The van der Waals surface area contributed by atoms with Gasteiger partial charge in [0, 0.05) is 26.2 Å². The molecule has 0 atom stereocenters. The van der Waals surface area contributed by atoms with Crippen molar-refractivity contribution >= 4 is 34.1 Å². The van der Waals surface area contributed by atoms with Crippen LogP contribution in [0.1, 0.15) is 29.5 Å². The Morgan fingerprint density at radius 1 is 0.514 bits per heavy atom. The van der Waals surface area contributed by atoms with Crippen LogP contribution in [0.15, 0.2) is 133 Å². The molecule has 6 heteroatoms. The summed E-state index contributed by atoms with van der Waals surface area (Å²) in [4.78, 5) is 0. The number of halogens is 4. The third-order valence-corrected chi connectivity index (χ3v) is 40.6. The van der Waals surface area contributed by atoms with Gasteiger partial charge < -0.3 is 0 Å². The monoisotopic (exact) mass is 717 g/mol. The molecule has 185 valence electrons. The van der Waals surface area contributed by atoms with Crippen LogP contribution < -0.4 is 0 Å². The average Bonchev–Trinajstić information content (AvgIpc) is 3.54. The van der Waals surface area contributed by atoms with Gasteiger partial charge in [0.15, 0.2) is 0 Å². The van der Waals surface area contributed by atoms with E-state index in [1.807, 2.05) is 109 Å². The van der Waals surface area contributed by atoms with E-state index in [-0.39, 0.29) is 26.2 Å². The van der Waals surface area contributed by atoms with Crippen LogP contribution in [-0.2, 0) is 37.2 Å². The fourth-order valence-electron chi connectivity index (χ4n) is 6.85. The number of benzene rings is 4. The van der Waals surface area contributed by atoms with Crippen molar-refractivity contribution in [2.45, 2.75) is 10.9 Å². The quantitative estimate of drug-likeness (QED) is 0.193. The van der Waals surface area contributed by atoms with Crippen molar-refractivity contribution in [1.29, 1.82) is 0 Å². The average molecular weight is 722 g/mol. The molecule has 4 aromatic carbocycles. The van der Waals surface area contributed by atoms with Crippen LogP contribution in [-0.4, -0.2) is 0 Å². The second-order valence-corrected chi connectivity index (χ2v) is 61.6. The summed E-state index contributed by atoms with van der Waals surface area (Å²) in [6.07, 6.45) is 7.88. The first-order valence-corrected chi connectivity index (χ1v) is 29.1. The van der Waals surface area contributed by atoms with Crippen molar-refractivity contribution in [2.75, 3.05) is 0 Å². The summed E-state index contributed by atoms with van der Waals surface area (Å²) in [6, 6.07) is 36.5. The molecule has 0 fully saturated rings. The Bertz CT molecular complexity index is 1460. The maximum atomic E-state index is 8.39. The van der Waals surface area contributed by atoms with Crippen LogP contribution in [0.25, 0.3) is 11.1 Å². The molecular weight excluding hydrogens is 697 g/mol. The Hall–Kier alpha value is -0.714. The maximum Gasteiger partial charge on any atom is 0 e. The zero-order chi connectivity index (χ0) is 25.1. The molecule has 0 aromatic heterocycles. The molecule has 6 rings (SSSR count). The Morgan fingerprint density at radius 3 is 1.32 bits per heavy atom. The zero-order valence-corrected chi connectivity index (χ0v) is 27.9. The molecule has 0 N–H and O–H groups in total. The largest absolute Gasteiger partial charge is 0 e. The van der Waals surface area contributed by atoms with Gasteiger partial charge in [-0.25, -0.2) is 0 Å². The van der Waals surface area contributed by atoms with Gasteiger partial charge in [-0.1, -0.05) is 0 Å². The van der Waals surface area contributed by atoms with Crippen LogP contribution >= 0.6 is 34.1 Å². The molecule has 0 bridgehead atoms. The van der Waals surface area contributed by atoms with E-state index in [4.69, 9.17) is 34.1 Å². The summed E-state index contributed by atoms with van der Waals surface area (Å²) in [5.41, 5.74) is 5.89. The summed E-state index contributed by atoms with van der Waals surface area (Å²) >= 11 is -7.32. The van der Waals surface area contributed by atoms with E-state index >= 15 is 0 Å². The van der Waals surface area contributed by atoms with Gasteiger partial charge in [-0.05, 0) is 0 Å². The van der Waals surface area contributed by atoms with Gasteiger partial charge in [0.05, 0.1) is 0 Å². The first-order valence-electron chi connectivity index (χ1n) is 12.2. The number of hydrogen-bond donors (Lipinski definition) is 0. The molecule has 2 aliphatic rings.